The van der Waals surface area contributed by atoms with Crippen LogP contribution in [0.25, 0.3) is 0 Å². The molecule has 5 nitrogen and oxygen atoms in total. The number of nitrogens with zero attached hydrogens (tertiary/aromatic N) is 1. The lowest BCUT2D eigenvalue weighted by molar-refractivity contribution is 0.102. The fourth-order valence-electron chi connectivity index (χ4n) is 3.52. The highest BCUT2D eigenvalue weighted by atomic mass is 32.2. The van der Waals surface area contributed by atoms with Crippen molar-refractivity contribution in [3.63, 3.8) is 0 Å². The van der Waals surface area contributed by atoms with Gasteiger partial charge in [-0.3, -0.25) is 9.10 Å². The molecule has 0 aliphatic carbocycles. The molecular formula is C23H22N2O3S. The predicted molar refractivity (Wildman–Crippen MR) is 115 cm³/mol. The molecule has 0 fully saturated rings. The number of rotatable bonds is 4. The zero-order chi connectivity index (χ0) is 20.4. The molecule has 148 valence electrons. The van der Waals surface area contributed by atoms with Crippen LogP contribution in [0.2, 0.25) is 0 Å². The maximum absolute atomic E-state index is 13.2. The second-order valence-corrected chi connectivity index (χ2v) is 9.02. The largest absolute Gasteiger partial charge is 0.322 e. The number of amides is 1. The third-order valence-corrected chi connectivity index (χ3v) is 6.89. The van der Waals surface area contributed by atoms with Crippen LogP contribution >= 0.6 is 0 Å². The summed E-state index contributed by atoms with van der Waals surface area (Å²) in [6, 6.07) is 21.3. The molecule has 0 radical (unpaired) electrons. The topological polar surface area (TPSA) is 66.5 Å². The summed E-state index contributed by atoms with van der Waals surface area (Å²) in [6.07, 6.45) is 1.50. The Labute approximate surface area is 171 Å². The highest BCUT2D eigenvalue weighted by Gasteiger charge is 2.29. The normalized spacial score (nSPS) is 13.6. The zero-order valence-corrected chi connectivity index (χ0v) is 16.9. The van der Waals surface area contributed by atoms with Crippen LogP contribution in [0.1, 0.15) is 27.9 Å². The van der Waals surface area contributed by atoms with Gasteiger partial charge < -0.3 is 5.32 Å². The molecule has 0 aromatic heterocycles. The fourth-order valence-corrected chi connectivity index (χ4v) is 5.06. The van der Waals surface area contributed by atoms with Gasteiger partial charge in [-0.1, -0.05) is 35.9 Å². The van der Waals surface area contributed by atoms with Crippen molar-refractivity contribution in [1.82, 2.24) is 0 Å². The van der Waals surface area contributed by atoms with Gasteiger partial charge in [-0.25, -0.2) is 8.42 Å². The lowest BCUT2D eigenvalue weighted by Gasteiger charge is -2.31. The van der Waals surface area contributed by atoms with E-state index in [1.54, 1.807) is 48.5 Å². The highest BCUT2D eigenvalue weighted by Crippen LogP contribution is 2.34. The first kappa shape index (κ1) is 19.2. The minimum absolute atomic E-state index is 0.189. The first-order valence-corrected chi connectivity index (χ1v) is 11.0. The van der Waals surface area contributed by atoms with Crippen LogP contribution in [0.15, 0.2) is 77.7 Å². The summed E-state index contributed by atoms with van der Waals surface area (Å²) < 4.78 is 27.8. The number of aryl methyl sites for hydroxylation is 2. The van der Waals surface area contributed by atoms with Gasteiger partial charge in [0.15, 0.2) is 0 Å². The summed E-state index contributed by atoms with van der Waals surface area (Å²) in [4.78, 5) is 12.7. The maximum Gasteiger partial charge on any atom is 0.264 e. The van der Waals surface area contributed by atoms with Crippen molar-refractivity contribution in [2.75, 3.05) is 16.2 Å². The Morgan fingerprint density at radius 2 is 1.69 bits per heavy atom. The van der Waals surface area contributed by atoms with E-state index in [-0.39, 0.29) is 10.8 Å². The molecule has 0 saturated heterocycles. The third kappa shape index (κ3) is 3.89. The van der Waals surface area contributed by atoms with E-state index in [9.17, 15) is 13.2 Å². The Hall–Kier alpha value is -3.12. The molecular weight excluding hydrogens is 384 g/mol. The first-order valence-electron chi connectivity index (χ1n) is 9.54. The molecule has 3 aromatic carbocycles. The van der Waals surface area contributed by atoms with E-state index >= 15 is 0 Å². The molecule has 0 bridgehead atoms. The average Bonchev–Trinajstić information content (AvgIpc) is 2.74. The van der Waals surface area contributed by atoms with E-state index in [0.29, 0.717) is 23.5 Å². The van der Waals surface area contributed by atoms with Crippen LogP contribution in [0, 0.1) is 6.92 Å². The standard InChI is InChI=1S/C23H22N2O3S/c1-17-9-12-21(13-10-17)29(27,28)25-15-5-8-19-16-20(11-14-22(19)25)24-23(26)18-6-3-2-4-7-18/h2-4,6-7,9-14,16H,5,8,15H2,1H3,(H,24,26). The molecule has 0 unspecified atom stereocenters. The Morgan fingerprint density at radius 1 is 0.966 bits per heavy atom. The van der Waals surface area contributed by atoms with Crippen LogP contribution in [-0.4, -0.2) is 20.9 Å². The van der Waals surface area contributed by atoms with Crippen LogP contribution in [0.5, 0.6) is 0 Å². The van der Waals surface area contributed by atoms with Crippen molar-refractivity contribution in [2.45, 2.75) is 24.7 Å². The summed E-state index contributed by atoms with van der Waals surface area (Å²) >= 11 is 0. The molecule has 1 aliphatic rings. The van der Waals surface area contributed by atoms with Crippen LogP contribution in [0.3, 0.4) is 0 Å². The molecule has 0 atom stereocenters. The van der Waals surface area contributed by atoms with Crippen LogP contribution < -0.4 is 9.62 Å². The van der Waals surface area contributed by atoms with Crippen molar-refractivity contribution >= 4 is 27.3 Å². The fraction of sp³-hybridized carbons (Fsp3) is 0.174. The quantitative estimate of drug-likeness (QED) is 0.699. The lowest BCUT2D eigenvalue weighted by atomic mass is 10.0. The van der Waals surface area contributed by atoms with E-state index in [0.717, 1.165) is 24.0 Å². The molecule has 4 rings (SSSR count). The van der Waals surface area contributed by atoms with Crippen molar-refractivity contribution in [3.8, 4) is 0 Å². The second-order valence-electron chi connectivity index (χ2n) is 7.16. The average molecular weight is 407 g/mol. The number of carbonyl (C=O) groups is 1. The van der Waals surface area contributed by atoms with Gasteiger partial charge in [0.05, 0.1) is 10.6 Å². The van der Waals surface area contributed by atoms with E-state index in [4.69, 9.17) is 0 Å². The molecule has 1 N–H and O–H groups in total. The Bertz CT molecular complexity index is 1140. The Morgan fingerprint density at radius 3 is 2.41 bits per heavy atom. The summed E-state index contributed by atoms with van der Waals surface area (Å²) in [5.74, 6) is -0.189. The molecule has 1 aliphatic heterocycles. The highest BCUT2D eigenvalue weighted by molar-refractivity contribution is 7.92. The monoisotopic (exact) mass is 406 g/mol. The minimum Gasteiger partial charge on any atom is -0.322 e. The van der Waals surface area contributed by atoms with Crippen LogP contribution in [0.4, 0.5) is 11.4 Å². The molecule has 0 saturated carbocycles. The predicted octanol–water partition coefficient (Wildman–Crippen LogP) is 4.39. The molecule has 3 aromatic rings. The number of benzene rings is 3. The number of fused-ring (bicyclic) bond motifs is 1. The van der Waals surface area contributed by atoms with Gasteiger partial charge in [0, 0.05) is 17.8 Å². The van der Waals surface area contributed by atoms with E-state index in [1.165, 1.54) is 4.31 Å². The SMILES string of the molecule is Cc1ccc(S(=O)(=O)N2CCCc3cc(NC(=O)c4ccccc4)ccc32)cc1. The van der Waals surface area contributed by atoms with Gasteiger partial charge in [0.25, 0.3) is 15.9 Å². The van der Waals surface area contributed by atoms with Crippen molar-refractivity contribution in [1.29, 1.82) is 0 Å². The van der Waals surface area contributed by atoms with Crippen LogP contribution in [-0.2, 0) is 16.4 Å². The number of carbonyl (C=O) groups excluding carboxylic acids is 1. The van der Waals surface area contributed by atoms with E-state index < -0.39 is 10.0 Å². The van der Waals surface area contributed by atoms with Crippen molar-refractivity contribution in [2.24, 2.45) is 0 Å². The van der Waals surface area contributed by atoms with Gasteiger partial charge in [-0.05, 0) is 67.8 Å². The number of anilines is 2. The van der Waals surface area contributed by atoms with Crippen molar-refractivity contribution < 1.29 is 13.2 Å². The molecule has 29 heavy (non-hydrogen) atoms. The zero-order valence-electron chi connectivity index (χ0n) is 16.1. The van der Waals surface area contributed by atoms with Gasteiger partial charge in [0.1, 0.15) is 0 Å². The molecule has 6 heteroatoms. The summed E-state index contributed by atoms with van der Waals surface area (Å²) in [7, 11) is -3.63. The van der Waals surface area contributed by atoms with Gasteiger partial charge in [-0.2, -0.15) is 0 Å². The smallest absolute Gasteiger partial charge is 0.264 e. The summed E-state index contributed by atoms with van der Waals surface area (Å²) in [6.45, 7) is 2.37. The van der Waals surface area contributed by atoms with Gasteiger partial charge in [0.2, 0.25) is 0 Å². The number of hydrogen-bond donors (Lipinski definition) is 1. The maximum atomic E-state index is 13.2. The minimum atomic E-state index is -3.63. The van der Waals surface area contributed by atoms with E-state index in [2.05, 4.69) is 5.32 Å². The van der Waals surface area contributed by atoms with Gasteiger partial charge in [-0.15, -0.1) is 0 Å². The second kappa shape index (κ2) is 7.72. The molecule has 0 spiro atoms. The number of hydrogen-bond acceptors (Lipinski definition) is 3. The lowest BCUT2D eigenvalue weighted by Crippen LogP contribution is -2.35. The Kier molecular flexibility index (Phi) is 5.11. The van der Waals surface area contributed by atoms with Gasteiger partial charge >= 0.3 is 0 Å². The Balaban J connectivity index is 1.62. The number of nitrogens with one attached hydrogen (secondary N) is 1. The summed E-state index contributed by atoms with van der Waals surface area (Å²) in [5.41, 5.74) is 3.84. The first-order chi connectivity index (χ1) is 13.9. The third-order valence-electron chi connectivity index (χ3n) is 5.06. The van der Waals surface area contributed by atoms with Crippen molar-refractivity contribution in [3.05, 3.63) is 89.5 Å². The number of sulfonamides is 1. The van der Waals surface area contributed by atoms with E-state index in [1.807, 2.05) is 31.2 Å². The molecule has 1 heterocycles. The molecule has 1 amide bonds. The summed E-state index contributed by atoms with van der Waals surface area (Å²) in [5, 5.41) is 2.89.